The molecular weight excluding hydrogens is 364 g/mol. The van der Waals surface area contributed by atoms with E-state index in [-0.39, 0.29) is 0 Å². The van der Waals surface area contributed by atoms with Gasteiger partial charge in [-0.15, -0.1) is 0 Å². The van der Waals surface area contributed by atoms with Gasteiger partial charge in [-0.3, -0.25) is 9.78 Å². The van der Waals surface area contributed by atoms with E-state index in [1.54, 1.807) is 25.4 Å². The van der Waals surface area contributed by atoms with Gasteiger partial charge in [-0.2, -0.15) is 5.26 Å². The van der Waals surface area contributed by atoms with Crippen molar-refractivity contribution in [2.45, 2.75) is 13.0 Å². The molecule has 1 aliphatic rings. The van der Waals surface area contributed by atoms with E-state index >= 15 is 0 Å². The summed E-state index contributed by atoms with van der Waals surface area (Å²) in [5, 5.41) is 9.50. The second-order valence-electron chi connectivity index (χ2n) is 6.64. The minimum absolute atomic E-state index is 0.404. The van der Waals surface area contributed by atoms with Gasteiger partial charge in [0.05, 0.1) is 24.4 Å². The van der Waals surface area contributed by atoms with Crippen LogP contribution < -0.4 is 4.74 Å². The van der Waals surface area contributed by atoms with Crippen molar-refractivity contribution in [3.05, 3.63) is 82.7 Å². The van der Waals surface area contributed by atoms with Gasteiger partial charge in [0, 0.05) is 35.4 Å². The van der Waals surface area contributed by atoms with Crippen LogP contribution in [-0.2, 0) is 9.53 Å². The Balaban J connectivity index is 1.94. The van der Waals surface area contributed by atoms with Gasteiger partial charge < -0.3 is 9.47 Å². The van der Waals surface area contributed by atoms with Crippen LogP contribution in [0.15, 0.2) is 54.7 Å². The minimum Gasteiger partial charge on any atom is -0.496 e. The van der Waals surface area contributed by atoms with Crippen LogP contribution >= 0.6 is 0 Å². The molecule has 0 bridgehead atoms. The van der Waals surface area contributed by atoms with E-state index in [2.05, 4.69) is 11.1 Å². The van der Waals surface area contributed by atoms with E-state index in [4.69, 9.17) is 9.47 Å². The summed E-state index contributed by atoms with van der Waals surface area (Å²) >= 11 is 0. The molecule has 3 aromatic rings. The van der Waals surface area contributed by atoms with Crippen molar-refractivity contribution in [1.82, 2.24) is 4.98 Å². The second-order valence-corrected chi connectivity index (χ2v) is 6.64. The molecule has 0 amide bonds. The maximum absolute atomic E-state index is 11.9. The van der Waals surface area contributed by atoms with Crippen molar-refractivity contribution < 1.29 is 14.3 Å². The Bertz CT molecular complexity index is 1170. The number of nitrogens with zero attached hydrogens (tertiary/aromatic N) is 2. The fourth-order valence-corrected chi connectivity index (χ4v) is 3.59. The number of para-hydroxylation sites is 1. The first kappa shape index (κ1) is 18.5. The summed E-state index contributed by atoms with van der Waals surface area (Å²) < 4.78 is 11.2. The summed E-state index contributed by atoms with van der Waals surface area (Å²) in [5.74, 6) is 0.327. The molecule has 1 atom stereocenters. The number of pyridine rings is 1. The van der Waals surface area contributed by atoms with Crippen molar-refractivity contribution >= 4 is 18.1 Å². The van der Waals surface area contributed by atoms with E-state index < -0.39 is 12.1 Å². The standard InChI is InChI=1S/C24H18N2O3/c1-15(27)29-24-20-8-5-6-16(13-25)18(20)10-11-22-21(24)12-17(14-26-22)19-7-3-4-9-23(19)28-2/h3-12,14,24H,1-2H3. The molecule has 142 valence electrons. The highest BCUT2D eigenvalue weighted by Crippen LogP contribution is 2.39. The highest BCUT2D eigenvalue weighted by molar-refractivity contribution is 5.80. The van der Waals surface area contributed by atoms with Gasteiger partial charge in [0.2, 0.25) is 0 Å². The van der Waals surface area contributed by atoms with Crippen LogP contribution in [0.4, 0.5) is 0 Å². The zero-order valence-electron chi connectivity index (χ0n) is 16.0. The first-order valence-electron chi connectivity index (χ1n) is 9.14. The van der Waals surface area contributed by atoms with Gasteiger partial charge in [-0.1, -0.05) is 36.4 Å². The van der Waals surface area contributed by atoms with Crippen molar-refractivity contribution in [2.75, 3.05) is 7.11 Å². The number of aromatic nitrogens is 1. The number of ether oxygens (including phenoxy) is 2. The molecule has 0 fully saturated rings. The van der Waals surface area contributed by atoms with E-state index in [9.17, 15) is 10.1 Å². The molecule has 5 heteroatoms. The summed E-state index contributed by atoms with van der Waals surface area (Å²) in [6, 6.07) is 17.3. The summed E-state index contributed by atoms with van der Waals surface area (Å²) in [5.41, 5.74) is 5.21. The van der Waals surface area contributed by atoms with Crippen molar-refractivity contribution in [1.29, 1.82) is 5.26 Å². The lowest BCUT2D eigenvalue weighted by atomic mass is 9.93. The average Bonchev–Trinajstić information content (AvgIpc) is 2.90. The summed E-state index contributed by atoms with van der Waals surface area (Å²) in [4.78, 5) is 16.5. The van der Waals surface area contributed by atoms with Crippen molar-refractivity contribution in [2.24, 2.45) is 0 Å². The number of nitriles is 1. The third-order valence-corrected chi connectivity index (χ3v) is 4.88. The molecule has 0 aliphatic heterocycles. The van der Waals surface area contributed by atoms with Crippen LogP contribution in [0, 0.1) is 11.3 Å². The lowest BCUT2D eigenvalue weighted by molar-refractivity contribution is -0.144. The lowest BCUT2D eigenvalue weighted by Crippen LogP contribution is -2.13. The Morgan fingerprint density at radius 2 is 1.93 bits per heavy atom. The Morgan fingerprint density at radius 3 is 2.69 bits per heavy atom. The zero-order chi connectivity index (χ0) is 20.4. The first-order chi connectivity index (χ1) is 14.1. The molecule has 4 rings (SSSR count). The highest BCUT2D eigenvalue weighted by atomic mass is 16.5. The largest absolute Gasteiger partial charge is 0.496 e. The summed E-state index contributed by atoms with van der Waals surface area (Å²) in [6.07, 6.45) is 4.81. The smallest absolute Gasteiger partial charge is 0.303 e. The molecule has 1 unspecified atom stereocenters. The van der Waals surface area contributed by atoms with Gasteiger partial charge in [0.1, 0.15) is 5.75 Å². The second kappa shape index (κ2) is 7.61. The minimum atomic E-state index is -0.664. The number of hydrogen-bond acceptors (Lipinski definition) is 5. The summed E-state index contributed by atoms with van der Waals surface area (Å²) in [6.45, 7) is 1.38. The molecule has 0 saturated heterocycles. The maximum atomic E-state index is 11.9. The zero-order valence-corrected chi connectivity index (χ0v) is 16.0. The van der Waals surface area contributed by atoms with Gasteiger partial charge >= 0.3 is 5.97 Å². The van der Waals surface area contributed by atoms with Gasteiger partial charge in [0.15, 0.2) is 6.10 Å². The molecule has 0 radical (unpaired) electrons. The predicted octanol–water partition coefficient (Wildman–Crippen LogP) is 4.77. The van der Waals surface area contributed by atoms with Crippen LogP contribution in [-0.4, -0.2) is 18.1 Å². The lowest BCUT2D eigenvalue weighted by Gasteiger charge is -2.21. The summed E-state index contributed by atoms with van der Waals surface area (Å²) in [7, 11) is 1.62. The molecule has 0 N–H and O–H groups in total. The number of esters is 1. The molecular formula is C24H18N2O3. The van der Waals surface area contributed by atoms with E-state index in [1.165, 1.54) is 6.92 Å². The van der Waals surface area contributed by atoms with Gasteiger partial charge in [-0.05, 0) is 29.8 Å². The molecule has 2 aromatic carbocycles. The van der Waals surface area contributed by atoms with E-state index in [1.807, 2.05) is 48.6 Å². The van der Waals surface area contributed by atoms with Crippen molar-refractivity contribution in [3.8, 4) is 22.9 Å². The third kappa shape index (κ3) is 3.37. The molecule has 1 heterocycles. The molecule has 29 heavy (non-hydrogen) atoms. The fourth-order valence-electron chi connectivity index (χ4n) is 3.59. The Hall–Kier alpha value is -3.91. The molecule has 0 spiro atoms. The first-order valence-corrected chi connectivity index (χ1v) is 9.14. The van der Waals surface area contributed by atoms with Crippen LogP contribution in [0.3, 0.4) is 0 Å². The molecule has 1 aromatic heterocycles. The van der Waals surface area contributed by atoms with Gasteiger partial charge in [-0.25, -0.2) is 0 Å². The Labute approximate surface area is 168 Å². The number of rotatable bonds is 3. The van der Waals surface area contributed by atoms with Crippen LogP contribution in [0.1, 0.15) is 41.0 Å². The highest BCUT2D eigenvalue weighted by Gasteiger charge is 2.27. The van der Waals surface area contributed by atoms with E-state index in [0.717, 1.165) is 33.6 Å². The van der Waals surface area contributed by atoms with E-state index in [0.29, 0.717) is 11.3 Å². The Kier molecular flexibility index (Phi) is 4.84. The molecule has 1 aliphatic carbocycles. The fraction of sp³-hybridized carbons (Fsp3) is 0.125. The van der Waals surface area contributed by atoms with Gasteiger partial charge in [0.25, 0.3) is 0 Å². The monoisotopic (exact) mass is 382 g/mol. The van der Waals surface area contributed by atoms with Crippen LogP contribution in [0.2, 0.25) is 0 Å². The average molecular weight is 382 g/mol. The molecule has 0 saturated carbocycles. The normalized spacial score (nSPS) is 14.2. The number of methoxy groups -OCH3 is 1. The molecule has 5 nitrogen and oxygen atoms in total. The predicted molar refractivity (Wildman–Crippen MR) is 110 cm³/mol. The quantitative estimate of drug-likeness (QED) is 0.611. The maximum Gasteiger partial charge on any atom is 0.303 e. The SMILES string of the molecule is COc1ccccc1-c1cnc2c(c1)C(OC(C)=O)c1cccc(C#N)c1C=C2. The third-order valence-electron chi connectivity index (χ3n) is 4.88. The topological polar surface area (TPSA) is 72.2 Å². The number of carbonyl (C=O) groups is 1. The van der Waals surface area contributed by atoms with Crippen LogP contribution in [0.5, 0.6) is 5.75 Å². The number of benzene rings is 2. The van der Waals surface area contributed by atoms with Crippen molar-refractivity contribution in [3.63, 3.8) is 0 Å². The number of carbonyl (C=O) groups excluding carboxylic acids is 1. The number of fused-ring (bicyclic) bond motifs is 2. The Morgan fingerprint density at radius 1 is 1.10 bits per heavy atom. The number of hydrogen-bond donors (Lipinski definition) is 0. The van der Waals surface area contributed by atoms with Crippen LogP contribution in [0.25, 0.3) is 23.3 Å².